The number of hydrogen-bond donors (Lipinski definition) is 3. The van der Waals surface area contributed by atoms with Gasteiger partial charge in [-0.15, -0.1) is 0 Å². The molecule has 1 saturated heterocycles. The van der Waals surface area contributed by atoms with Crippen molar-refractivity contribution in [3.63, 3.8) is 0 Å². The summed E-state index contributed by atoms with van der Waals surface area (Å²) < 4.78 is 7.19. The number of benzene rings is 1. The van der Waals surface area contributed by atoms with Crippen molar-refractivity contribution in [3.8, 4) is 0 Å². The maximum Gasteiger partial charge on any atom is 0.251 e. The summed E-state index contributed by atoms with van der Waals surface area (Å²) in [5, 5.41) is 3.77. The van der Waals surface area contributed by atoms with Gasteiger partial charge in [-0.2, -0.15) is 4.99 Å². The maximum atomic E-state index is 12.5. The molecule has 0 radical (unpaired) electrons. The van der Waals surface area contributed by atoms with Crippen molar-refractivity contribution in [1.82, 2.24) is 30.6 Å². The highest BCUT2D eigenvalue weighted by molar-refractivity contribution is 7.99. The lowest BCUT2D eigenvalue weighted by Gasteiger charge is -2.26. The average molecular weight is 487 g/mol. The fourth-order valence-corrected chi connectivity index (χ4v) is 4.13. The summed E-state index contributed by atoms with van der Waals surface area (Å²) in [7, 11) is 3.63. The molecule has 0 atom stereocenters. The van der Waals surface area contributed by atoms with Gasteiger partial charge in [0.25, 0.3) is 5.91 Å². The molecule has 0 spiro atoms. The first-order valence-electron chi connectivity index (χ1n) is 11.4. The van der Waals surface area contributed by atoms with E-state index in [1.807, 2.05) is 55.8 Å². The zero-order valence-electron chi connectivity index (χ0n) is 20.3. The van der Waals surface area contributed by atoms with E-state index in [1.54, 1.807) is 7.05 Å². The Morgan fingerprint density at radius 2 is 1.97 bits per heavy atom. The molecule has 0 saturated carbocycles. The van der Waals surface area contributed by atoms with Crippen LogP contribution in [0.4, 0.5) is 5.95 Å². The summed E-state index contributed by atoms with van der Waals surface area (Å²) in [5.74, 6) is 1.19. The van der Waals surface area contributed by atoms with E-state index >= 15 is 0 Å². The molecular formula is C23H34N8O2S. The second kappa shape index (κ2) is 13.2. The van der Waals surface area contributed by atoms with E-state index in [-0.39, 0.29) is 5.91 Å². The minimum absolute atomic E-state index is 0.0676. The topological polar surface area (TPSA) is 108 Å². The summed E-state index contributed by atoms with van der Waals surface area (Å²) in [5.41, 5.74) is 7.46. The van der Waals surface area contributed by atoms with Crippen molar-refractivity contribution in [2.45, 2.75) is 23.8 Å². The molecule has 1 fully saturated rings. The molecule has 10 nitrogen and oxygen atoms in total. The molecule has 34 heavy (non-hydrogen) atoms. The molecular weight excluding hydrogens is 452 g/mol. The highest BCUT2D eigenvalue weighted by atomic mass is 32.2. The Morgan fingerprint density at radius 1 is 1.24 bits per heavy atom. The first-order chi connectivity index (χ1) is 16.5. The van der Waals surface area contributed by atoms with E-state index in [0.29, 0.717) is 23.9 Å². The van der Waals surface area contributed by atoms with Crippen LogP contribution >= 0.6 is 11.8 Å². The van der Waals surface area contributed by atoms with Crippen LogP contribution < -0.4 is 21.7 Å². The van der Waals surface area contributed by atoms with Gasteiger partial charge in [0.15, 0.2) is 0 Å². The van der Waals surface area contributed by atoms with E-state index < -0.39 is 0 Å². The summed E-state index contributed by atoms with van der Waals surface area (Å²) in [6.07, 6.45) is 0. The van der Waals surface area contributed by atoms with Gasteiger partial charge in [0.1, 0.15) is 16.3 Å². The Kier molecular flexibility index (Phi) is 10.1. The van der Waals surface area contributed by atoms with Crippen molar-refractivity contribution in [2.24, 2.45) is 17.0 Å². The van der Waals surface area contributed by atoms with E-state index in [4.69, 9.17) is 4.74 Å². The average Bonchev–Trinajstić information content (AvgIpc) is 2.85. The first kappa shape index (κ1) is 25.9. The fraction of sp³-hybridized carbons (Fsp3) is 0.478. The number of hydrazine groups is 1. The Balaban J connectivity index is 1.63. The van der Waals surface area contributed by atoms with Gasteiger partial charge in [-0.05, 0) is 31.2 Å². The number of hydrogen-bond acceptors (Lipinski definition) is 8. The molecule has 1 aromatic heterocycles. The number of nitrogens with one attached hydrogen (secondary N) is 3. The minimum Gasteiger partial charge on any atom is -0.379 e. The van der Waals surface area contributed by atoms with Crippen LogP contribution in [0.1, 0.15) is 24.2 Å². The number of morpholine rings is 1. The number of aliphatic imine (C=N–C) groups is 1. The lowest BCUT2D eigenvalue weighted by atomic mass is 10.2. The smallest absolute Gasteiger partial charge is 0.251 e. The van der Waals surface area contributed by atoms with Crippen LogP contribution in [-0.2, 0) is 11.8 Å². The SMILES string of the molecule is CCNN/C(C)=N/c1nc(Sc2ccc(C(=O)NCCN3CCOCC3)cc2)cc(=NC)n1C. The first-order valence-corrected chi connectivity index (χ1v) is 12.2. The van der Waals surface area contributed by atoms with Gasteiger partial charge in [0, 0.05) is 63.3 Å². The lowest BCUT2D eigenvalue weighted by molar-refractivity contribution is 0.0383. The van der Waals surface area contributed by atoms with Crippen molar-refractivity contribution in [1.29, 1.82) is 0 Å². The summed E-state index contributed by atoms with van der Waals surface area (Å²) in [6.45, 7) is 9.46. The quantitative estimate of drug-likeness (QED) is 0.212. The normalized spacial score (nSPS) is 15.4. The van der Waals surface area contributed by atoms with Crippen molar-refractivity contribution >= 4 is 29.5 Å². The maximum absolute atomic E-state index is 12.5. The minimum atomic E-state index is -0.0676. The number of carbonyl (C=O) groups excluding carboxylic acids is 1. The van der Waals surface area contributed by atoms with Crippen molar-refractivity contribution in [2.75, 3.05) is 53.0 Å². The zero-order valence-corrected chi connectivity index (χ0v) is 21.1. The molecule has 1 aliphatic heterocycles. The molecule has 2 heterocycles. The summed E-state index contributed by atoms with van der Waals surface area (Å²) in [4.78, 5) is 29.3. The molecule has 0 unspecified atom stereocenters. The Morgan fingerprint density at radius 3 is 2.65 bits per heavy atom. The molecule has 3 rings (SSSR count). The molecule has 0 aliphatic carbocycles. The van der Waals surface area contributed by atoms with Crippen molar-refractivity contribution in [3.05, 3.63) is 41.4 Å². The fourth-order valence-electron chi connectivity index (χ4n) is 3.33. The molecule has 1 amide bonds. The van der Waals surface area contributed by atoms with Crippen LogP contribution in [0, 0.1) is 0 Å². The largest absolute Gasteiger partial charge is 0.379 e. The highest BCUT2D eigenvalue weighted by Crippen LogP contribution is 2.26. The van der Waals surface area contributed by atoms with Gasteiger partial charge in [-0.3, -0.25) is 19.3 Å². The van der Waals surface area contributed by atoms with Crippen LogP contribution in [0.5, 0.6) is 0 Å². The predicted molar refractivity (Wildman–Crippen MR) is 134 cm³/mol. The zero-order chi connectivity index (χ0) is 24.3. The third kappa shape index (κ3) is 7.66. The van der Waals surface area contributed by atoms with Gasteiger partial charge in [-0.25, -0.2) is 10.4 Å². The second-order valence-corrected chi connectivity index (χ2v) is 8.82. The van der Waals surface area contributed by atoms with E-state index in [0.717, 1.165) is 54.8 Å². The number of aromatic nitrogens is 2. The highest BCUT2D eigenvalue weighted by Gasteiger charge is 2.12. The standard InChI is InChI=1S/C23H34N8O2S/c1-5-26-29-17(2)27-23-28-21(16-20(24-3)30(23)4)34-19-8-6-18(7-9-19)22(32)25-10-11-31-12-14-33-15-13-31/h6-9,16,26H,5,10-15H2,1-4H3,(H,25,32)(H,27,28,29). The molecule has 11 heteroatoms. The number of amides is 1. The van der Waals surface area contributed by atoms with E-state index in [1.165, 1.54) is 11.8 Å². The molecule has 1 aromatic carbocycles. The van der Waals surface area contributed by atoms with E-state index in [2.05, 4.69) is 36.0 Å². The number of amidine groups is 1. The monoisotopic (exact) mass is 486 g/mol. The summed E-state index contributed by atoms with van der Waals surface area (Å²) >= 11 is 1.50. The van der Waals surface area contributed by atoms with E-state index in [9.17, 15) is 4.79 Å². The third-order valence-corrected chi connectivity index (χ3v) is 6.13. The number of ether oxygens (including phenoxy) is 1. The van der Waals surface area contributed by atoms with Gasteiger partial charge < -0.3 is 15.5 Å². The number of carbonyl (C=O) groups is 1. The van der Waals surface area contributed by atoms with Gasteiger partial charge in [-0.1, -0.05) is 18.7 Å². The number of nitrogens with zero attached hydrogens (tertiary/aromatic N) is 5. The van der Waals surface area contributed by atoms with Gasteiger partial charge in [0.05, 0.1) is 13.2 Å². The predicted octanol–water partition coefficient (Wildman–Crippen LogP) is 1.33. The summed E-state index contributed by atoms with van der Waals surface area (Å²) in [6, 6.07) is 9.46. The van der Waals surface area contributed by atoms with Crippen LogP contribution in [0.25, 0.3) is 0 Å². The Labute approximate surface area is 204 Å². The Hall–Kier alpha value is -2.73. The van der Waals surface area contributed by atoms with Crippen LogP contribution in [0.15, 0.2) is 50.2 Å². The van der Waals surface area contributed by atoms with Gasteiger partial charge >= 0.3 is 0 Å². The van der Waals surface area contributed by atoms with Crippen LogP contribution in [-0.4, -0.2) is 79.2 Å². The lowest BCUT2D eigenvalue weighted by Crippen LogP contribution is -2.41. The van der Waals surface area contributed by atoms with Gasteiger partial charge in [0.2, 0.25) is 5.95 Å². The van der Waals surface area contributed by atoms with Crippen LogP contribution in [0.3, 0.4) is 0 Å². The van der Waals surface area contributed by atoms with Crippen molar-refractivity contribution < 1.29 is 9.53 Å². The molecule has 184 valence electrons. The van der Waals surface area contributed by atoms with Crippen LogP contribution in [0.2, 0.25) is 0 Å². The Bertz CT molecular complexity index is 1050. The molecule has 3 N–H and O–H groups in total. The number of rotatable bonds is 9. The third-order valence-electron chi connectivity index (χ3n) is 5.21. The second-order valence-electron chi connectivity index (χ2n) is 7.72. The molecule has 0 bridgehead atoms. The molecule has 2 aromatic rings. The molecule has 1 aliphatic rings.